The lowest BCUT2D eigenvalue weighted by Crippen LogP contribution is -2.42. The van der Waals surface area contributed by atoms with Crippen molar-refractivity contribution in [1.82, 2.24) is 10.2 Å². The number of ether oxygens (including phenoxy) is 1. The highest BCUT2D eigenvalue weighted by Gasteiger charge is 2.36. The Bertz CT molecular complexity index is 532. The highest BCUT2D eigenvalue weighted by Crippen LogP contribution is 2.34. The molecule has 1 aromatic carbocycles. The summed E-state index contributed by atoms with van der Waals surface area (Å²) in [6, 6.07) is 9.95. The fraction of sp³-hybridized carbons (Fsp3) is 0.529. The zero-order valence-electron chi connectivity index (χ0n) is 12.7. The van der Waals surface area contributed by atoms with Crippen LogP contribution in [0, 0.1) is 5.92 Å². The van der Waals surface area contributed by atoms with E-state index in [1.807, 2.05) is 35.2 Å². The maximum Gasteiger partial charge on any atom is 0.228 e. The fourth-order valence-corrected chi connectivity index (χ4v) is 3.23. The van der Waals surface area contributed by atoms with Crippen LogP contribution in [0.25, 0.3) is 0 Å². The van der Waals surface area contributed by atoms with Gasteiger partial charge in [0.2, 0.25) is 11.8 Å². The second-order valence-electron chi connectivity index (χ2n) is 5.88. The van der Waals surface area contributed by atoms with Gasteiger partial charge in [0.1, 0.15) is 0 Å². The van der Waals surface area contributed by atoms with Gasteiger partial charge in [-0.05, 0) is 18.4 Å². The first-order valence-electron chi connectivity index (χ1n) is 7.98. The first-order valence-corrected chi connectivity index (χ1v) is 7.98. The van der Waals surface area contributed by atoms with Crippen LogP contribution in [0.4, 0.5) is 0 Å². The Kier molecular flexibility index (Phi) is 4.73. The van der Waals surface area contributed by atoms with E-state index in [0.717, 1.165) is 18.4 Å². The van der Waals surface area contributed by atoms with Gasteiger partial charge in [-0.15, -0.1) is 0 Å². The number of hydrogen-bond acceptors (Lipinski definition) is 3. The highest BCUT2D eigenvalue weighted by atomic mass is 16.5. The van der Waals surface area contributed by atoms with Gasteiger partial charge in [0.25, 0.3) is 0 Å². The lowest BCUT2D eigenvalue weighted by Gasteiger charge is -2.34. The molecule has 0 bridgehead atoms. The molecule has 2 amide bonds. The molecule has 0 spiro atoms. The lowest BCUT2D eigenvalue weighted by molar-refractivity contribution is -0.145. The van der Waals surface area contributed by atoms with Gasteiger partial charge in [0, 0.05) is 32.7 Å². The summed E-state index contributed by atoms with van der Waals surface area (Å²) in [6.45, 7) is 2.32. The van der Waals surface area contributed by atoms with Gasteiger partial charge in [0.05, 0.1) is 12.0 Å². The van der Waals surface area contributed by atoms with Gasteiger partial charge in [-0.3, -0.25) is 9.59 Å². The number of nitrogens with one attached hydrogen (secondary N) is 1. The molecule has 118 valence electrons. The van der Waals surface area contributed by atoms with Crippen LogP contribution in [0.5, 0.6) is 0 Å². The minimum absolute atomic E-state index is 0.0230. The van der Waals surface area contributed by atoms with Crippen LogP contribution < -0.4 is 5.32 Å². The summed E-state index contributed by atoms with van der Waals surface area (Å²) in [6.07, 6.45) is 1.96. The van der Waals surface area contributed by atoms with Gasteiger partial charge in [-0.2, -0.15) is 0 Å². The number of nitrogens with zero attached hydrogens (tertiary/aromatic N) is 1. The van der Waals surface area contributed by atoms with Gasteiger partial charge in [-0.1, -0.05) is 30.3 Å². The summed E-state index contributed by atoms with van der Waals surface area (Å²) < 4.78 is 5.91. The second-order valence-corrected chi connectivity index (χ2v) is 5.88. The van der Waals surface area contributed by atoms with E-state index in [1.165, 1.54) is 0 Å². The molecule has 2 aliphatic heterocycles. The zero-order valence-corrected chi connectivity index (χ0v) is 12.7. The molecule has 5 heteroatoms. The second kappa shape index (κ2) is 6.92. The van der Waals surface area contributed by atoms with Gasteiger partial charge in [0.15, 0.2) is 0 Å². The van der Waals surface area contributed by atoms with E-state index in [-0.39, 0.29) is 23.8 Å². The summed E-state index contributed by atoms with van der Waals surface area (Å²) >= 11 is 0. The highest BCUT2D eigenvalue weighted by molar-refractivity contribution is 5.82. The van der Waals surface area contributed by atoms with Crippen molar-refractivity contribution < 1.29 is 14.3 Å². The average Bonchev–Trinajstić information content (AvgIpc) is 2.80. The van der Waals surface area contributed by atoms with E-state index < -0.39 is 0 Å². The van der Waals surface area contributed by atoms with Crippen molar-refractivity contribution in [3.63, 3.8) is 0 Å². The van der Waals surface area contributed by atoms with Crippen molar-refractivity contribution in [2.45, 2.75) is 25.4 Å². The van der Waals surface area contributed by atoms with Crippen LogP contribution >= 0.6 is 0 Å². The molecule has 2 aliphatic rings. The third kappa shape index (κ3) is 3.30. The van der Waals surface area contributed by atoms with Crippen molar-refractivity contribution in [3.05, 3.63) is 35.9 Å². The summed E-state index contributed by atoms with van der Waals surface area (Å²) in [5.41, 5.74) is 1.06. The van der Waals surface area contributed by atoms with Crippen molar-refractivity contribution in [2.75, 3.05) is 26.2 Å². The van der Waals surface area contributed by atoms with E-state index in [2.05, 4.69) is 5.32 Å². The maximum absolute atomic E-state index is 12.9. The Balaban J connectivity index is 1.75. The van der Waals surface area contributed by atoms with Crippen LogP contribution in [-0.4, -0.2) is 43.0 Å². The molecule has 2 heterocycles. The van der Waals surface area contributed by atoms with E-state index in [4.69, 9.17) is 4.74 Å². The predicted octanol–water partition coefficient (Wildman–Crippen LogP) is 1.50. The zero-order chi connectivity index (χ0) is 15.4. The third-order valence-corrected chi connectivity index (χ3v) is 4.39. The first-order chi connectivity index (χ1) is 10.8. The van der Waals surface area contributed by atoms with Crippen molar-refractivity contribution >= 4 is 11.8 Å². The number of carbonyl (C=O) groups is 2. The molecule has 22 heavy (non-hydrogen) atoms. The molecule has 1 N–H and O–H groups in total. The minimum atomic E-state index is -0.172. The number of benzene rings is 1. The Morgan fingerprint density at radius 2 is 2.05 bits per heavy atom. The van der Waals surface area contributed by atoms with Crippen LogP contribution in [0.15, 0.2) is 30.3 Å². The van der Waals surface area contributed by atoms with Crippen molar-refractivity contribution in [1.29, 1.82) is 0 Å². The number of hydrogen-bond donors (Lipinski definition) is 1. The molecule has 2 unspecified atom stereocenters. The Labute approximate surface area is 130 Å². The van der Waals surface area contributed by atoms with Crippen LogP contribution in [-0.2, 0) is 14.3 Å². The number of carbonyl (C=O) groups excluding carboxylic acids is 2. The molecule has 1 aromatic rings. The molecular formula is C17H22N2O3. The van der Waals surface area contributed by atoms with E-state index >= 15 is 0 Å². The van der Waals surface area contributed by atoms with E-state index in [0.29, 0.717) is 32.7 Å². The Hall–Kier alpha value is -1.88. The van der Waals surface area contributed by atoms with Crippen LogP contribution in [0.3, 0.4) is 0 Å². The van der Waals surface area contributed by atoms with Crippen LogP contribution in [0.1, 0.15) is 30.9 Å². The Morgan fingerprint density at radius 3 is 2.86 bits per heavy atom. The normalized spacial score (nSPS) is 26.2. The maximum atomic E-state index is 12.9. The smallest absolute Gasteiger partial charge is 0.228 e. The van der Waals surface area contributed by atoms with Gasteiger partial charge >= 0.3 is 0 Å². The summed E-state index contributed by atoms with van der Waals surface area (Å²) in [4.78, 5) is 26.2. The Morgan fingerprint density at radius 1 is 1.23 bits per heavy atom. The predicted molar refractivity (Wildman–Crippen MR) is 82.1 cm³/mol. The SMILES string of the molecule is O=C1CCN(C(=O)C2CCCOC2c2ccccc2)CCN1. The molecule has 5 nitrogen and oxygen atoms in total. The van der Waals surface area contributed by atoms with Gasteiger partial charge < -0.3 is 15.0 Å². The van der Waals surface area contributed by atoms with E-state index in [1.54, 1.807) is 0 Å². The standard InChI is InChI=1S/C17H22N2O3/c20-15-8-10-19(11-9-18-15)17(21)14-7-4-12-22-16(14)13-5-2-1-3-6-13/h1-3,5-6,14,16H,4,7-12H2,(H,18,20). The quantitative estimate of drug-likeness (QED) is 0.901. The summed E-state index contributed by atoms with van der Waals surface area (Å²) in [7, 11) is 0. The molecule has 3 rings (SSSR count). The van der Waals surface area contributed by atoms with Crippen molar-refractivity contribution in [3.8, 4) is 0 Å². The molecule has 2 fully saturated rings. The van der Waals surface area contributed by atoms with Gasteiger partial charge in [-0.25, -0.2) is 0 Å². The average molecular weight is 302 g/mol. The minimum Gasteiger partial charge on any atom is -0.373 e. The first kappa shape index (κ1) is 15.0. The number of amides is 2. The molecular weight excluding hydrogens is 280 g/mol. The van der Waals surface area contributed by atoms with Crippen LogP contribution in [0.2, 0.25) is 0 Å². The summed E-state index contributed by atoms with van der Waals surface area (Å²) in [5, 5.41) is 2.81. The fourth-order valence-electron chi connectivity index (χ4n) is 3.23. The number of rotatable bonds is 2. The topological polar surface area (TPSA) is 58.6 Å². The molecule has 0 saturated carbocycles. The lowest BCUT2D eigenvalue weighted by atomic mass is 9.88. The third-order valence-electron chi connectivity index (χ3n) is 4.39. The molecule has 0 aromatic heterocycles. The molecule has 2 atom stereocenters. The largest absolute Gasteiger partial charge is 0.373 e. The van der Waals surface area contributed by atoms with Crippen molar-refractivity contribution in [2.24, 2.45) is 5.92 Å². The molecule has 2 saturated heterocycles. The summed E-state index contributed by atoms with van der Waals surface area (Å²) in [5.74, 6) is -0.00999. The molecule has 0 aliphatic carbocycles. The monoisotopic (exact) mass is 302 g/mol. The molecule has 0 radical (unpaired) electrons. The van der Waals surface area contributed by atoms with E-state index in [9.17, 15) is 9.59 Å².